The molecule has 0 radical (unpaired) electrons. The Balaban J connectivity index is 0.000000960. The molecule has 0 aliphatic rings. The first-order chi connectivity index (χ1) is 13.4. The minimum absolute atomic E-state index is 0.0309. The zero-order chi connectivity index (χ0) is 22.2. The zero-order valence-electron chi connectivity index (χ0n) is 18.3. The second-order valence-electron chi connectivity index (χ2n) is 8.30. The van der Waals surface area contributed by atoms with Crippen LogP contribution in [0.4, 0.5) is 0 Å². The van der Waals surface area contributed by atoms with Gasteiger partial charge in [-0.2, -0.15) is 0 Å². The van der Waals surface area contributed by atoms with Gasteiger partial charge in [0.1, 0.15) is 0 Å². The van der Waals surface area contributed by atoms with E-state index in [0.717, 1.165) is 27.8 Å². The van der Waals surface area contributed by atoms with Gasteiger partial charge in [0.2, 0.25) is 0 Å². The van der Waals surface area contributed by atoms with E-state index in [0.29, 0.717) is 0 Å². The van der Waals surface area contributed by atoms with Gasteiger partial charge < -0.3 is 10.2 Å². The molecule has 29 heavy (non-hydrogen) atoms. The number of benzene rings is 2. The molecule has 2 aromatic rings. The van der Waals surface area contributed by atoms with Crippen LogP contribution in [-0.2, 0) is 16.6 Å². The molecule has 0 unspecified atom stereocenters. The van der Waals surface area contributed by atoms with Gasteiger partial charge in [0.15, 0.2) is 0 Å². The number of carboxylic acid groups (broad SMARTS) is 1. The standard InChI is InChI=1S/C23H24O2.C3H8O/c1-6-19-14-21(23(3,4)5)15-20(16(19)2)12-11-17-7-9-18(10-8-17)13-22(24)25;1-3(2)4/h6-10,14-15H,1,13H2,2-5H3,(H,24,25);3-4H,1-2H3. The summed E-state index contributed by atoms with van der Waals surface area (Å²) in [6.07, 6.45) is 1.74. The lowest BCUT2D eigenvalue weighted by Crippen LogP contribution is -2.12. The van der Waals surface area contributed by atoms with E-state index in [1.165, 1.54) is 5.56 Å². The van der Waals surface area contributed by atoms with Crippen molar-refractivity contribution in [2.24, 2.45) is 0 Å². The Morgan fingerprint density at radius 1 is 1.14 bits per heavy atom. The van der Waals surface area contributed by atoms with Crippen LogP contribution in [0.2, 0.25) is 0 Å². The van der Waals surface area contributed by atoms with Crippen molar-refractivity contribution < 1.29 is 15.0 Å². The maximum Gasteiger partial charge on any atom is 0.307 e. The molecule has 0 atom stereocenters. The summed E-state index contributed by atoms with van der Waals surface area (Å²) in [7, 11) is 0. The van der Waals surface area contributed by atoms with Crippen molar-refractivity contribution in [2.45, 2.75) is 59.5 Å². The number of carbonyl (C=O) groups is 1. The molecule has 3 heteroatoms. The lowest BCUT2D eigenvalue weighted by atomic mass is 9.83. The van der Waals surface area contributed by atoms with E-state index in [2.05, 4.69) is 58.2 Å². The molecule has 0 amide bonds. The van der Waals surface area contributed by atoms with E-state index in [4.69, 9.17) is 10.2 Å². The lowest BCUT2D eigenvalue weighted by Gasteiger charge is -2.21. The molecule has 0 saturated carbocycles. The molecule has 2 N–H and O–H groups in total. The van der Waals surface area contributed by atoms with E-state index in [-0.39, 0.29) is 17.9 Å². The Labute approximate surface area is 175 Å². The minimum Gasteiger partial charge on any atom is -0.481 e. The van der Waals surface area contributed by atoms with Gasteiger partial charge in [0.25, 0.3) is 0 Å². The van der Waals surface area contributed by atoms with Gasteiger partial charge in [-0.3, -0.25) is 4.79 Å². The smallest absolute Gasteiger partial charge is 0.307 e. The number of hydrogen-bond donors (Lipinski definition) is 2. The fraction of sp³-hybridized carbons (Fsp3) is 0.346. The van der Waals surface area contributed by atoms with Crippen LogP contribution in [0, 0.1) is 18.8 Å². The molecular weight excluding hydrogens is 360 g/mol. The first-order valence-electron chi connectivity index (χ1n) is 9.72. The molecule has 0 aliphatic carbocycles. The van der Waals surface area contributed by atoms with Crippen LogP contribution in [0.3, 0.4) is 0 Å². The van der Waals surface area contributed by atoms with E-state index < -0.39 is 5.97 Å². The van der Waals surface area contributed by atoms with Gasteiger partial charge in [0.05, 0.1) is 6.42 Å². The SMILES string of the molecule is C=Cc1cc(C(C)(C)C)cc(C#Cc2ccc(CC(=O)O)cc2)c1C.CC(C)O. The molecule has 0 spiro atoms. The molecule has 0 fully saturated rings. The van der Waals surface area contributed by atoms with Crippen LogP contribution in [0.25, 0.3) is 6.08 Å². The van der Waals surface area contributed by atoms with Crippen LogP contribution in [-0.4, -0.2) is 22.3 Å². The maximum atomic E-state index is 10.7. The number of aliphatic hydroxyl groups excluding tert-OH is 1. The zero-order valence-corrected chi connectivity index (χ0v) is 18.3. The Bertz CT molecular complexity index is 899. The Hall–Kier alpha value is -2.83. The summed E-state index contributed by atoms with van der Waals surface area (Å²) >= 11 is 0. The number of hydrogen-bond acceptors (Lipinski definition) is 2. The molecule has 0 heterocycles. The number of rotatable bonds is 3. The van der Waals surface area contributed by atoms with Crippen molar-refractivity contribution in [3.8, 4) is 11.8 Å². The Morgan fingerprint density at radius 3 is 2.14 bits per heavy atom. The second-order valence-corrected chi connectivity index (χ2v) is 8.30. The third-order valence-corrected chi connectivity index (χ3v) is 4.18. The molecule has 0 saturated heterocycles. The monoisotopic (exact) mass is 392 g/mol. The molecule has 3 nitrogen and oxygen atoms in total. The average molecular weight is 393 g/mol. The first-order valence-corrected chi connectivity index (χ1v) is 9.72. The third-order valence-electron chi connectivity index (χ3n) is 4.18. The quantitative estimate of drug-likeness (QED) is 0.692. The first kappa shape index (κ1) is 24.2. The summed E-state index contributed by atoms with van der Waals surface area (Å²) in [4.78, 5) is 10.7. The van der Waals surface area contributed by atoms with Gasteiger partial charge in [-0.15, -0.1) is 0 Å². The van der Waals surface area contributed by atoms with Crippen molar-refractivity contribution in [1.82, 2.24) is 0 Å². The number of aliphatic hydroxyl groups is 1. The van der Waals surface area contributed by atoms with Gasteiger partial charge in [-0.25, -0.2) is 0 Å². The molecule has 2 rings (SSSR count). The van der Waals surface area contributed by atoms with E-state index >= 15 is 0 Å². The number of carboxylic acids is 1. The highest BCUT2D eigenvalue weighted by molar-refractivity contribution is 5.70. The summed E-state index contributed by atoms with van der Waals surface area (Å²) in [6, 6.07) is 11.7. The normalized spacial score (nSPS) is 10.5. The van der Waals surface area contributed by atoms with Crippen LogP contribution < -0.4 is 0 Å². The predicted molar refractivity (Wildman–Crippen MR) is 121 cm³/mol. The summed E-state index contributed by atoms with van der Waals surface area (Å²) in [5.41, 5.74) is 6.14. The van der Waals surface area contributed by atoms with E-state index in [9.17, 15) is 4.79 Å². The Kier molecular flexibility index (Phi) is 8.88. The fourth-order valence-electron chi connectivity index (χ4n) is 2.53. The molecule has 0 bridgehead atoms. The van der Waals surface area contributed by atoms with Gasteiger partial charge in [-0.05, 0) is 66.6 Å². The van der Waals surface area contributed by atoms with Crippen LogP contribution in [0.1, 0.15) is 68.0 Å². The predicted octanol–water partition coefficient (Wildman–Crippen LogP) is 5.35. The van der Waals surface area contributed by atoms with Crippen LogP contribution in [0.5, 0.6) is 0 Å². The highest BCUT2D eigenvalue weighted by Crippen LogP contribution is 2.27. The highest BCUT2D eigenvalue weighted by atomic mass is 16.4. The maximum absolute atomic E-state index is 10.7. The summed E-state index contributed by atoms with van der Waals surface area (Å²) in [5.74, 6) is 5.61. The Morgan fingerprint density at radius 2 is 1.69 bits per heavy atom. The summed E-state index contributed by atoms with van der Waals surface area (Å²) in [5, 5.41) is 16.9. The average Bonchev–Trinajstić information content (AvgIpc) is 2.60. The van der Waals surface area contributed by atoms with Crippen molar-refractivity contribution in [1.29, 1.82) is 0 Å². The molecular formula is C26H32O3. The molecule has 2 aromatic carbocycles. The molecule has 154 valence electrons. The van der Waals surface area contributed by atoms with E-state index in [1.54, 1.807) is 13.8 Å². The van der Waals surface area contributed by atoms with Gasteiger partial charge in [-0.1, -0.05) is 63.5 Å². The van der Waals surface area contributed by atoms with Gasteiger partial charge in [0, 0.05) is 17.2 Å². The highest BCUT2D eigenvalue weighted by Gasteiger charge is 2.16. The second kappa shape index (κ2) is 10.6. The largest absolute Gasteiger partial charge is 0.481 e. The van der Waals surface area contributed by atoms with Crippen molar-refractivity contribution >= 4 is 12.0 Å². The minimum atomic E-state index is -0.828. The fourth-order valence-corrected chi connectivity index (χ4v) is 2.53. The topological polar surface area (TPSA) is 57.5 Å². The van der Waals surface area contributed by atoms with Crippen molar-refractivity contribution in [2.75, 3.05) is 0 Å². The summed E-state index contributed by atoms with van der Waals surface area (Å²) < 4.78 is 0. The van der Waals surface area contributed by atoms with Gasteiger partial charge >= 0.3 is 5.97 Å². The van der Waals surface area contributed by atoms with Crippen LogP contribution >= 0.6 is 0 Å². The summed E-state index contributed by atoms with van der Waals surface area (Å²) in [6.45, 7) is 16.0. The molecule has 0 aliphatic heterocycles. The number of aliphatic carboxylic acids is 1. The van der Waals surface area contributed by atoms with Crippen LogP contribution in [0.15, 0.2) is 43.0 Å². The van der Waals surface area contributed by atoms with Crippen molar-refractivity contribution in [3.05, 3.63) is 76.4 Å². The van der Waals surface area contributed by atoms with E-state index in [1.807, 2.05) is 30.3 Å². The third kappa shape index (κ3) is 8.37. The van der Waals surface area contributed by atoms with Crippen molar-refractivity contribution in [3.63, 3.8) is 0 Å². The lowest BCUT2D eigenvalue weighted by molar-refractivity contribution is -0.136. The molecule has 0 aromatic heterocycles.